The highest BCUT2D eigenvalue weighted by molar-refractivity contribution is 7.85. The third kappa shape index (κ3) is 4.09. The Morgan fingerprint density at radius 1 is 1.27 bits per heavy atom. The van der Waals surface area contributed by atoms with Crippen molar-refractivity contribution in [3.63, 3.8) is 0 Å². The normalized spacial score (nSPS) is 28.5. The first kappa shape index (κ1) is 11.4. The quantitative estimate of drug-likeness (QED) is 0.656. The Labute approximate surface area is 91.7 Å². The Bertz CT molecular complexity index is 311. The summed E-state index contributed by atoms with van der Waals surface area (Å²) in [6.45, 7) is 3.68. The summed E-state index contributed by atoms with van der Waals surface area (Å²) in [5.41, 5.74) is 0. The van der Waals surface area contributed by atoms with E-state index in [4.69, 9.17) is 4.18 Å². The molecule has 15 heavy (non-hydrogen) atoms. The van der Waals surface area contributed by atoms with E-state index in [2.05, 4.69) is 4.90 Å². The minimum atomic E-state index is -3.26. The highest BCUT2D eigenvalue weighted by Crippen LogP contribution is 2.31. The maximum Gasteiger partial charge on any atom is 0.264 e. The molecule has 1 aliphatic heterocycles. The molecule has 0 aromatic heterocycles. The Kier molecular flexibility index (Phi) is 3.33. The highest BCUT2D eigenvalue weighted by Gasteiger charge is 2.29. The fraction of sp³-hybridized carbons (Fsp3) is 1.00. The van der Waals surface area contributed by atoms with Crippen molar-refractivity contribution < 1.29 is 12.6 Å². The van der Waals surface area contributed by atoms with Crippen molar-refractivity contribution in [1.82, 2.24) is 4.90 Å². The van der Waals surface area contributed by atoms with Crippen LogP contribution >= 0.6 is 0 Å². The van der Waals surface area contributed by atoms with Gasteiger partial charge in [-0.2, -0.15) is 8.42 Å². The van der Waals surface area contributed by atoms with Gasteiger partial charge in [-0.3, -0.25) is 4.18 Å². The lowest BCUT2D eigenvalue weighted by Gasteiger charge is -2.14. The summed E-state index contributed by atoms with van der Waals surface area (Å²) in [5, 5.41) is 0. The van der Waals surface area contributed by atoms with Crippen LogP contribution in [0.2, 0.25) is 0 Å². The first-order valence-electron chi connectivity index (χ1n) is 5.60. The number of nitrogens with zero attached hydrogens (tertiary/aromatic N) is 1. The fourth-order valence-corrected chi connectivity index (χ4v) is 2.54. The van der Waals surface area contributed by atoms with E-state index in [9.17, 15) is 8.42 Å². The third-order valence-corrected chi connectivity index (χ3v) is 3.67. The summed E-state index contributed by atoms with van der Waals surface area (Å²) in [5.74, 6) is 1.32. The Morgan fingerprint density at radius 3 is 2.60 bits per heavy atom. The van der Waals surface area contributed by atoms with Crippen LogP contribution < -0.4 is 0 Å². The van der Waals surface area contributed by atoms with Gasteiger partial charge in [0.2, 0.25) is 0 Å². The minimum Gasteiger partial charge on any atom is -0.303 e. The van der Waals surface area contributed by atoms with Gasteiger partial charge in [-0.05, 0) is 37.6 Å². The SMILES string of the molecule is CS(=O)(=O)OCC1CCN(CC2CC2)C1. The van der Waals surface area contributed by atoms with Crippen molar-refractivity contribution in [2.24, 2.45) is 11.8 Å². The van der Waals surface area contributed by atoms with Gasteiger partial charge in [0.1, 0.15) is 0 Å². The lowest BCUT2D eigenvalue weighted by molar-refractivity contribution is 0.244. The van der Waals surface area contributed by atoms with Crippen molar-refractivity contribution in [2.45, 2.75) is 19.3 Å². The molecule has 0 aromatic rings. The van der Waals surface area contributed by atoms with E-state index in [-0.39, 0.29) is 0 Å². The minimum absolute atomic E-state index is 0.361. The molecule has 2 rings (SSSR count). The molecule has 0 aromatic carbocycles. The lowest BCUT2D eigenvalue weighted by Crippen LogP contribution is -2.24. The summed E-state index contributed by atoms with van der Waals surface area (Å²) in [6, 6.07) is 0. The molecule has 0 radical (unpaired) electrons. The molecule has 5 heteroatoms. The average molecular weight is 233 g/mol. The van der Waals surface area contributed by atoms with E-state index in [1.54, 1.807) is 0 Å². The summed E-state index contributed by atoms with van der Waals surface area (Å²) >= 11 is 0. The van der Waals surface area contributed by atoms with Crippen LogP contribution in [-0.2, 0) is 14.3 Å². The number of hydrogen-bond donors (Lipinski definition) is 0. The predicted octanol–water partition coefficient (Wildman–Crippen LogP) is 0.694. The van der Waals surface area contributed by atoms with E-state index in [0.29, 0.717) is 12.5 Å². The molecule has 1 atom stereocenters. The zero-order chi connectivity index (χ0) is 10.9. The molecule has 1 heterocycles. The van der Waals surface area contributed by atoms with E-state index in [1.165, 1.54) is 19.4 Å². The molecule has 1 aliphatic carbocycles. The second-order valence-corrected chi connectivity index (χ2v) is 6.49. The molecule has 88 valence electrons. The number of rotatable bonds is 5. The van der Waals surface area contributed by atoms with Gasteiger partial charge in [0.15, 0.2) is 0 Å². The Balaban J connectivity index is 1.67. The van der Waals surface area contributed by atoms with Gasteiger partial charge in [-0.25, -0.2) is 0 Å². The van der Waals surface area contributed by atoms with Crippen molar-refractivity contribution in [1.29, 1.82) is 0 Å². The molecule has 0 bridgehead atoms. The van der Waals surface area contributed by atoms with Gasteiger partial charge in [0, 0.05) is 13.1 Å². The van der Waals surface area contributed by atoms with Crippen LogP contribution in [0.15, 0.2) is 0 Å². The maximum absolute atomic E-state index is 10.8. The molecule has 0 amide bonds. The second-order valence-electron chi connectivity index (χ2n) is 4.85. The average Bonchev–Trinajstić information content (AvgIpc) is 2.79. The summed E-state index contributed by atoms with van der Waals surface area (Å²) in [4.78, 5) is 2.44. The smallest absolute Gasteiger partial charge is 0.264 e. The number of likely N-dealkylation sites (tertiary alicyclic amines) is 1. The zero-order valence-corrected chi connectivity index (χ0v) is 10.0. The topological polar surface area (TPSA) is 46.6 Å². The van der Waals surface area contributed by atoms with E-state index in [1.807, 2.05) is 0 Å². The molecule has 0 spiro atoms. The summed E-state index contributed by atoms with van der Waals surface area (Å²) in [6.07, 6.45) is 4.94. The van der Waals surface area contributed by atoms with Gasteiger partial charge in [-0.15, -0.1) is 0 Å². The molecule has 0 N–H and O–H groups in total. The van der Waals surface area contributed by atoms with Crippen LogP contribution in [0.5, 0.6) is 0 Å². The van der Waals surface area contributed by atoms with Crippen molar-refractivity contribution in [3.8, 4) is 0 Å². The highest BCUT2D eigenvalue weighted by atomic mass is 32.2. The number of hydrogen-bond acceptors (Lipinski definition) is 4. The summed E-state index contributed by atoms with van der Waals surface area (Å²) < 4.78 is 26.5. The lowest BCUT2D eigenvalue weighted by atomic mass is 10.1. The van der Waals surface area contributed by atoms with Gasteiger partial charge in [0.25, 0.3) is 10.1 Å². The molecule has 1 saturated carbocycles. The molecule has 1 unspecified atom stereocenters. The third-order valence-electron chi connectivity index (χ3n) is 3.10. The molecule has 4 nitrogen and oxygen atoms in total. The molecule has 2 aliphatic rings. The van der Waals surface area contributed by atoms with Gasteiger partial charge >= 0.3 is 0 Å². The molecule has 2 fully saturated rings. The predicted molar refractivity (Wildman–Crippen MR) is 58.1 cm³/mol. The Hall–Kier alpha value is -0.130. The van der Waals surface area contributed by atoms with Gasteiger partial charge in [0.05, 0.1) is 12.9 Å². The summed E-state index contributed by atoms with van der Waals surface area (Å²) in [7, 11) is -3.26. The van der Waals surface area contributed by atoms with Crippen LogP contribution in [0.3, 0.4) is 0 Å². The maximum atomic E-state index is 10.8. The van der Waals surface area contributed by atoms with Gasteiger partial charge in [-0.1, -0.05) is 0 Å². The van der Waals surface area contributed by atoms with Crippen molar-refractivity contribution in [3.05, 3.63) is 0 Å². The van der Waals surface area contributed by atoms with Crippen molar-refractivity contribution >= 4 is 10.1 Å². The van der Waals surface area contributed by atoms with Crippen LogP contribution in [0, 0.1) is 11.8 Å². The molecular formula is C10H19NO3S. The fourth-order valence-electron chi connectivity index (χ4n) is 2.10. The van der Waals surface area contributed by atoms with E-state index < -0.39 is 10.1 Å². The van der Waals surface area contributed by atoms with Gasteiger partial charge < -0.3 is 4.90 Å². The van der Waals surface area contributed by atoms with Crippen LogP contribution in [0.4, 0.5) is 0 Å². The first-order chi connectivity index (χ1) is 7.03. The van der Waals surface area contributed by atoms with Crippen molar-refractivity contribution in [2.75, 3.05) is 32.5 Å². The largest absolute Gasteiger partial charge is 0.303 e. The Morgan fingerprint density at radius 2 is 2.00 bits per heavy atom. The first-order valence-corrected chi connectivity index (χ1v) is 7.41. The van der Waals surface area contributed by atoms with E-state index >= 15 is 0 Å². The standard InChI is InChI=1S/C10H19NO3S/c1-15(12,13)14-8-10-4-5-11(7-10)6-9-2-3-9/h9-10H,2-8H2,1H3. The second kappa shape index (κ2) is 4.39. The monoisotopic (exact) mass is 233 g/mol. The van der Waals surface area contributed by atoms with E-state index in [0.717, 1.165) is 31.7 Å². The molecular weight excluding hydrogens is 214 g/mol. The van der Waals surface area contributed by atoms with Crippen LogP contribution in [0.1, 0.15) is 19.3 Å². The molecule has 1 saturated heterocycles. The van der Waals surface area contributed by atoms with Crippen LogP contribution in [0.25, 0.3) is 0 Å². The van der Waals surface area contributed by atoms with Crippen LogP contribution in [-0.4, -0.2) is 45.8 Å². The zero-order valence-electron chi connectivity index (χ0n) is 9.18.